The molecule has 0 bridgehead atoms. The van der Waals surface area contributed by atoms with Crippen LogP contribution >= 0.6 is 0 Å². The largest absolute Gasteiger partial charge is 0.379 e. The van der Waals surface area contributed by atoms with E-state index in [4.69, 9.17) is 4.74 Å². The van der Waals surface area contributed by atoms with E-state index < -0.39 is 42.2 Å². The third kappa shape index (κ3) is 6.55. The first-order chi connectivity index (χ1) is 17.5. The first-order valence-electron chi connectivity index (χ1n) is 12.7. The summed E-state index contributed by atoms with van der Waals surface area (Å²) in [6.45, 7) is 7.04. The summed E-state index contributed by atoms with van der Waals surface area (Å²) in [5.74, 6) is -0.906. The maximum atomic E-state index is 14.7. The molecule has 0 radical (unpaired) electrons. The Kier molecular flexibility index (Phi) is 9.43. The number of ether oxygens (including phenoxy) is 1. The average Bonchev–Trinajstić information content (AvgIpc) is 3.29. The van der Waals surface area contributed by atoms with E-state index in [-0.39, 0.29) is 18.9 Å². The van der Waals surface area contributed by atoms with E-state index in [1.54, 1.807) is 6.92 Å². The van der Waals surface area contributed by atoms with Crippen LogP contribution in [0.15, 0.2) is 54.6 Å². The summed E-state index contributed by atoms with van der Waals surface area (Å²) < 4.78 is 20.0. The monoisotopic (exact) mass is 511 g/mol. The minimum Gasteiger partial charge on any atom is -0.379 e. The van der Waals surface area contributed by atoms with E-state index in [2.05, 4.69) is 19.2 Å². The lowest BCUT2D eigenvalue weighted by atomic mass is 9.95. The lowest BCUT2D eigenvalue weighted by molar-refractivity contribution is -0.151. The van der Waals surface area contributed by atoms with E-state index in [0.717, 1.165) is 11.1 Å². The Morgan fingerprint density at radius 3 is 2.11 bits per heavy atom. The van der Waals surface area contributed by atoms with Crippen LogP contribution in [-0.4, -0.2) is 72.6 Å². The van der Waals surface area contributed by atoms with Crippen molar-refractivity contribution < 1.29 is 23.5 Å². The molecule has 0 spiro atoms. The molecule has 3 amide bonds. The molecule has 5 unspecified atom stereocenters. The van der Waals surface area contributed by atoms with Crippen molar-refractivity contribution in [2.24, 2.45) is 0 Å². The summed E-state index contributed by atoms with van der Waals surface area (Å²) in [7, 11) is 2.95. The fourth-order valence-corrected chi connectivity index (χ4v) is 4.77. The number of carbonyl (C=O) groups excluding carboxylic acids is 3. The fourth-order valence-electron chi connectivity index (χ4n) is 4.77. The van der Waals surface area contributed by atoms with E-state index >= 15 is 0 Å². The number of alkyl halides is 1. The van der Waals surface area contributed by atoms with Crippen LogP contribution in [-0.2, 0) is 19.1 Å². The number of rotatable bonds is 9. The zero-order chi connectivity index (χ0) is 27.3. The lowest BCUT2D eigenvalue weighted by Crippen LogP contribution is -2.57. The molecule has 1 heterocycles. The second-order valence-electron chi connectivity index (χ2n) is 10.0. The van der Waals surface area contributed by atoms with Crippen LogP contribution < -0.4 is 5.32 Å². The van der Waals surface area contributed by atoms with E-state index in [9.17, 15) is 18.8 Å². The first kappa shape index (κ1) is 28.3. The van der Waals surface area contributed by atoms with Gasteiger partial charge in [-0.05, 0) is 29.5 Å². The van der Waals surface area contributed by atoms with Gasteiger partial charge in [-0.3, -0.25) is 14.4 Å². The molecule has 1 saturated heterocycles. The predicted octanol–water partition coefficient (Wildman–Crippen LogP) is 3.84. The van der Waals surface area contributed by atoms with Gasteiger partial charge in [-0.2, -0.15) is 0 Å². The van der Waals surface area contributed by atoms with Crippen LogP contribution in [0.2, 0.25) is 0 Å². The Bertz CT molecular complexity index is 1080. The van der Waals surface area contributed by atoms with Gasteiger partial charge in [0.05, 0.1) is 18.7 Å². The van der Waals surface area contributed by atoms with Crippen molar-refractivity contribution >= 4 is 17.7 Å². The highest BCUT2D eigenvalue weighted by Gasteiger charge is 2.45. The number of methoxy groups -OCH3 is 1. The maximum absolute atomic E-state index is 14.7. The summed E-state index contributed by atoms with van der Waals surface area (Å²) >= 11 is 0. The summed E-state index contributed by atoms with van der Waals surface area (Å²) in [4.78, 5) is 41.8. The van der Waals surface area contributed by atoms with Gasteiger partial charge >= 0.3 is 0 Å². The van der Waals surface area contributed by atoms with Crippen LogP contribution in [0, 0.1) is 0 Å². The Labute approximate surface area is 219 Å². The molecule has 8 heteroatoms. The van der Waals surface area contributed by atoms with E-state index in [1.165, 1.54) is 36.4 Å². The molecule has 0 aromatic heterocycles. The molecule has 1 aliphatic rings. The van der Waals surface area contributed by atoms with Gasteiger partial charge in [0.25, 0.3) is 0 Å². The second kappa shape index (κ2) is 12.3. The van der Waals surface area contributed by atoms with Crippen molar-refractivity contribution in [3.05, 3.63) is 71.3 Å². The summed E-state index contributed by atoms with van der Waals surface area (Å²) in [5, 5.41) is 3.07. The minimum absolute atomic E-state index is 0.108. The molecule has 0 saturated carbocycles. The Balaban J connectivity index is 1.90. The van der Waals surface area contributed by atoms with Gasteiger partial charge < -0.3 is 19.9 Å². The molecule has 3 rings (SSSR count). The van der Waals surface area contributed by atoms with Crippen LogP contribution in [0.3, 0.4) is 0 Å². The van der Waals surface area contributed by atoms with Crippen molar-refractivity contribution in [3.63, 3.8) is 0 Å². The van der Waals surface area contributed by atoms with Gasteiger partial charge in [-0.15, -0.1) is 0 Å². The molecular weight excluding hydrogens is 473 g/mol. The molecule has 1 aliphatic heterocycles. The van der Waals surface area contributed by atoms with Crippen molar-refractivity contribution in [2.75, 3.05) is 20.7 Å². The van der Waals surface area contributed by atoms with E-state index in [0.29, 0.717) is 5.92 Å². The Morgan fingerprint density at radius 1 is 1.00 bits per heavy atom. The highest BCUT2D eigenvalue weighted by molar-refractivity contribution is 5.93. The molecule has 2 aromatic carbocycles. The molecule has 5 atom stereocenters. The zero-order valence-electron chi connectivity index (χ0n) is 22.5. The number of nitrogens with zero attached hydrogens (tertiary/aromatic N) is 2. The molecular formula is C29H38FN3O4. The number of hydrogen-bond donors (Lipinski definition) is 1. The number of benzene rings is 2. The molecule has 7 nitrogen and oxygen atoms in total. The van der Waals surface area contributed by atoms with Crippen LogP contribution in [0.25, 0.3) is 0 Å². The standard InChI is InChI=1S/C29H38FN3O4/c1-18(2)21-12-14-23(15-13-21)26(22-10-8-7-9-11-22)31-28(35)25-16-24(30)17-33(25)29(36)27(19(3)37-6)32(5)20(4)34/h7-15,18-19,24-27H,16-17H2,1-6H3,(H,31,35). The Hall–Kier alpha value is -3.26. The molecule has 1 N–H and O–H groups in total. The summed E-state index contributed by atoms with van der Waals surface area (Å²) in [6, 6.07) is 15.1. The first-order valence-corrected chi connectivity index (χ1v) is 12.7. The number of likely N-dealkylation sites (N-methyl/N-ethyl adjacent to an activating group) is 1. The molecule has 1 fully saturated rings. The molecule has 2 aromatic rings. The highest BCUT2D eigenvalue weighted by atomic mass is 19.1. The third-order valence-corrected chi connectivity index (χ3v) is 7.18. The zero-order valence-corrected chi connectivity index (χ0v) is 22.5. The summed E-state index contributed by atoms with van der Waals surface area (Å²) in [5.41, 5.74) is 2.95. The fraction of sp³-hybridized carbons (Fsp3) is 0.483. The Morgan fingerprint density at radius 2 is 1.57 bits per heavy atom. The lowest BCUT2D eigenvalue weighted by Gasteiger charge is -2.35. The van der Waals surface area contributed by atoms with Gasteiger partial charge in [-0.1, -0.05) is 68.4 Å². The SMILES string of the molecule is COC(C)C(C(=O)N1CC(F)CC1C(=O)NC(c1ccccc1)c1ccc(C(C)C)cc1)N(C)C(C)=O. The minimum atomic E-state index is -1.35. The molecule has 200 valence electrons. The van der Waals surface area contributed by atoms with Gasteiger partial charge in [-0.25, -0.2) is 4.39 Å². The van der Waals surface area contributed by atoms with Crippen molar-refractivity contribution in [3.8, 4) is 0 Å². The molecule has 0 aliphatic carbocycles. The van der Waals surface area contributed by atoms with Crippen LogP contribution in [0.5, 0.6) is 0 Å². The smallest absolute Gasteiger partial charge is 0.248 e. The topological polar surface area (TPSA) is 79.0 Å². The summed E-state index contributed by atoms with van der Waals surface area (Å²) in [6.07, 6.45) is -2.09. The highest BCUT2D eigenvalue weighted by Crippen LogP contribution is 2.28. The van der Waals surface area contributed by atoms with E-state index in [1.807, 2.05) is 54.6 Å². The van der Waals surface area contributed by atoms with Crippen molar-refractivity contribution in [1.82, 2.24) is 15.1 Å². The predicted molar refractivity (Wildman–Crippen MR) is 141 cm³/mol. The van der Waals surface area contributed by atoms with Gasteiger partial charge in [0.1, 0.15) is 18.3 Å². The molecule has 37 heavy (non-hydrogen) atoms. The normalized spacial score (nSPS) is 19.8. The quantitative estimate of drug-likeness (QED) is 0.555. The van der Waals surface area contributed by atoms with Crippen LogP contribution in [0.4, 0.5) is 4.39 Å². The van der Waals surface area contributed by atoms with Gasteiger partial charge in [0.2, 0.25) is 17.7 Å². The van der Waals surface area contributed by atoms with Crippen molar-refractivity contribution in [1.29, 1.82) is 0 Å². The number of hydrogen-bond acceptors (Lipinski definition) is 4. The third-order valence-electron chi connectivity index (χ3n) is 7.18. The maximum Gasteiger partial charge on any atom is 0.248 e. The number of halogens is 1. The number of likely N-dealkylation sites (tertiary alicyclic amines) is 1. The second-order valence-corrected chi connectivity index (χ2v) is 10.0. The van der Waals surface area contributed by atoms with Gasteiger partial charge in [0.15, 0.2) is 0 Å². The van der Waals surface area contributed by atoms with Crippen LogP contribution in [0.1, 0.15) is 62.8 Å². The number of amides is 3. The number of nitrogens with one attached hydrogen (secondary N) is 1. The average molecular weight is 512 g/mol. The van der Waals surface area contributed by atoms with Gasteiger partial charge in [0, 0.05) is 27.5 Å². The van der Waals surface area contributed by atoms with Crippen molar-refractivity contribution in [2.45, 2.75) is 70.4 Å². The number of carbonyl (C=O) groups is 3.